The molecule has 0 radical (unpaired) electrons. The number of hydrogen-bond donors (Lipinski definition) is 3. The summed E-state index contributed by atoms with van der Waals surface area (Å²) in [5, 5.41) is 14.0. The summed E-state index contributed by atoms with van der Waals surface area (Å²) in [5.41, 5.74) is 1.50. The van der Waals surface area contributed by atoms with Gasteiger partial charge in [0.05, 0.1) is 0 Å². The zero-order valence-electron chi connectivity index (χ0n) is 11.3. The maximum absolute atomic E-state index is 11.8. The first kappa shape index (κ1) is 16.5. The molecule has 1 aromatic carbocycles. The van der Waals surface area contributed by atoms with E-state index >= 15 is 0 Å². The first-order valence-corrected chi connectivity index (χ1v) is 6.78. The highest BCUT2D eigenvalue weighted by molar-refractivity contribution is 9.10. The Hall–Kier alpha value is -1.60. The zero-order chi connectivity index (χ0) is 15.1. The van der Waals surface area contributed by atoms with Gasteiger partial charge in [-0.2, -0.15) is 0 Å². The van der Waals surface area contributed by atoms with Crippen molar-refractivity contribution in [2.24, 2.45) is 0 Å². The first-order valence-electron chi connectivity index (χ1n) is 5.99. The molecule has 2 amide bonds. The molecule has 0 bridgehead atoms. The Labute approximate surface area is 125 Å². The summed E-state index contributed by atoms with van der Waals surface area (Å²) >= 11 is 3.33. The number of halogens is 1. The average molecular weight is 345 g/mol. The van der Waals surface area contributed by atoms with E-state index in [0.717, 1.165) is 10.0 Å². The molecule has 0 aliphatic carbocycles. The van der Waals surface area contributed by atoms with Gasteiger partial charge in [0.1, 0.15) is 6.04 Å². The number of amides is 2. The minimum Gasteiger partial charge on any atom is -0.480 e. The van der Waals surface area contributed by atoms with E-state index in [2.05, 4.69) is 26.6 Å². The third-order valence-corrected chi connectivity index (χ3v) is 3.14. The molecular formula is C13H17BrN2O4. The molecule has 6 nitrogen and oxygen atoms in total. The topological polar surface area (TPSA) is 87.7 Å². The number of aliphatic carboxylic acids is 1. The lowest BCUT2D eigenvalue weighted by Gasteiger charge is -2.15. The molecule has 1 aromatic rings. The van der Waals surface area contributed by atoms with Crippen molar-refractivity contribution in [1.29, 1.82) is 0 Å². The fraction of sp³-hybridized carbons (Fsp3) is 0.385. The van der Waals surface area contributed by atoms with Crippen LogP contribution in [0.3, 0.4) is 0 Å². The van der Waals surface area contributed by atoms with Crippen molar-refractivity contribution < 1.29 is 19.4 Å². The normalized spacial score (nSPS) is 11.8. The second kappa shape index (κ2) is 7.86. The number of anilines is 1. The van der Waals surface area contributed by atoms with Gasteiger partial charge in [-0.3, -0.25) is 0 Å². The molecule has 0 heterocycles. The predicted molar refractivity (Wildman–Crippen MR) is 79.0 cm³/mol. The molecule has 0 saturated carbocycles. The number of carbonyl (C=O) groups excluding carboxylic acids is 1. The van der Waals surface area contributed by atoms with Crippen molar-refractivity contribution in [3.63, 3.8) is 0 Å². The second-order valence-corrected chi connectivity index (χ2v) is 5.15. The number of hydrogen-bond acceptors (Lipinski definition) is 3. The Bertz CT molecular complexity index is 493. The molecule has 3 N–H and O–H groups in total. The van der Waals surface area contributed by atoms with Crippen LogP contribution in [0.15, 0.2) is 22.7 Å². The van der Waals surface area contributed by atoms with Gasteiger partial charge < -0.3 is 20.5 Å². The van der Waals surface area contributed by atoms with Crippen LogP contribution < -0.4 is 10.6 Å². The number of aryl methyl sites for hydroxylation is 1. The molecule has 0 aliphatic heterocycles. The molecule has 1 unspecified atom stereocenters. The SMILES string of the molecule is COCCC(NC(=O)Nc1ccc(Br)cc1C)C(=O)O. The van der Waals surface area contributed by atoms with Gasteiger partial charge in [0.2, 0.25) is 0 Å². The third-order valence-electron chi connectivity index (χ3n) is 2.65. The van der Waals surface area contributed by atoms with E-state index in [1.807, 2.05) is 13.0 Å². The summed E-state index contributed by atoms with van der Waals surface area (Å²) in [5.74, 6) is -1.09. The van der Waals surface area contributed by atoms with E-state index < -0.39 is 18.0 Å². The van der Waals surface area contributed by atoms with Crippen LogP contribution in [-0.2, 0) is 9.53 Å². The van der Waals surface area contributed by atoms with Gasteiger partial charge >= 0.3 is 12.0 Å². The van der Waals surface area contributed by atoms with Gasteiger partial charge in [-0.1, -0.05) is 15.9 Å². The summed E-state index contributed by atoms with van der Waals surface area (Å²) in [6.45, 7) is 2.11. The molecule has 1 rings (SSSR count). The van der Waals surface area contributed by atoms with Gasteiger partial charge in [0.25, 0.3) is 0 Å². The highest BCUT2D eigenvalue weighted by Crippen LogP contribution is 2.19. The zero-order valence-corrected chi connectivity index (χ0v) is 12.9. The monoisotopic (exact) mass is 344 g/mol. The molecule has 0 aromatic heterocycles. The van der Waals surface area contributed by atoms with E-state index in [0.29, 0.717) is 5.69 Å². The largest absolute Gasteiger partial charge is 0.480 e. The molecule has 0 saturated heterocycles. The van der Waals surface area contributed by atoms with Crippen molar-refractivity contribution in [1.82, 2.24) is 5.32 Å². The van der Waals surface area contributed by atoms with Crippen molar-refractivity contribution in [3.05, 3.63) is 28.2 Å². The molecule has 0 aliphatic rings. The van der Waals surface area contributed by atoms with Crippen LogP contribution in [-0.4, -0.2) is 36.9 Å². The number of ether oxygens (including phenoxy) is 1. The molecule has 20 heavy (non-hydrogen) atoms. The number of urea groups is 1. The number of carboxylic acid groups (broad SMARTS) is 1. The highest BCUT2D eigenvalue weighted by Gasteiger charge is 2.19. The van der Waals surface area contributed by atoms with Gasteiger partial charge in [-0.05, 0) is 30.7 Å². The Balaban J connectivity index is 2.63. The van der Waals surface area contributed by atoms with E-state index in [1.165, 1.54) is 7.11 Å². The Kier molecular flexibility index (Phi) is 6.47. The second-order valence-electron chi connectivity index (χ2n) is 4.23. The van der Waals surface area contributed by atoms with Gasteiger partial charge in [-0.25, -0.2) is 9.59 Å². The van der Waals surface area contributed by atoms with Crippen LogP contribution in [0.25, 0.3) is 0 Å². The molecule has 1 atom stereocenters. The summed E-state index contributed by atoms with van der Waals surface area (Å²) < 4.78 is 5.72. The fourth-order valence-electron chi connectivity index (χ4n) is 1.58. The Morgan fingerprint density at radius 1 is 1.45 bits per heavy atom. The van der Waals surface area contributed by atoms with Crippen LogP contribution in [0.1, 0.15) is 12.0 Å². The third kappa shape index (κ3) is 5.18. The quantitative estimate of drug-likeness (QED) is 0.739. The van der Waals surface area contributed by atoms with Crippen LogP contribution in [0.2, 0.25) is 0 Å². The van der Waals surface area contributed by atoms with E-state index in [1.54, 1.807) is 12.1 Å². The highest BCUT2D eigenvalue weighted by atomic mass is 79.9. The smallest absolute Gasteiger partial charge is 0.326 e. The molecule has 0 fully saturated rings. The minimum absolute atomic E-state index is 0.207. The van der Waals surface area contributed by atoms with E-state index in [-0.39, 0.29) is 13.0 Å². The summed E-state index contributed by atoms with van der Waals surface area (Å²) in [6.07, 6.45) is 0.207. The van der Waals surface area contributed by atoms with Gasteiger partial charge in [0.15, 0.2) is 0 Å². The lowest BCUT2D eigenvalue weighted by molar-refractivity contribution is -0.139. The van der Waals surface area contributed by atoms with Gasteiger partial charge in [0, 0.05) is 30.3 Å². The van der Waals surface area contributed by atoms with Gasteiger partial charge in [-0.15, -0.1) is 0 Å². The molecular weight excluding hydrogens is 328 g/mol. The van der Waals surface area contributed by atoms with E-state index in [4.69, 9.17) is 9.84 Å². The Morgan fingerprint density at radius 3 is 2.70 bits per heavy atom. The average Bonchev–Trinajstić information content (AvgIpc) is 2.37. The summed E-state index contributed by atoms with van der Waals surface area (Å²) in [4.78, 5) is 22.8. The minimum atomic E-state index is -1.09. The summed E-state index contributed by atoms with van der Waals surface area (Å²) in [7, 11) is 1.48. The number of rotatable bonds is 6. The number of nitrogens with one attached hydrogen (secondary N) is 2. The lowest BCUT2D eigenvalue weighted by Crippen LogP contribution is -2.43. The number of carbonyl (C=O) groups is 2. The number of benzene rings is 1. The number of methoxy groups -OCH3 is 1. The molecule has 110 valence electrons. The standard InChI is InChI=1S/C13H17BrN2O4/c1-8-7-9(14)3-4-10(8)15-13(19)16-11(12(17)18)5-6-20-2/h3-4,7,11H,5-6H2,1-2H3,(H,17,18)(H2,15,16,19). The molecule has 7 heteroatoms. The lowest BCUT2D eigenvalue weighted by atomic mass is 10.2. The number of carboxylic acids is 1. The van der Waals surface area contributed by atoms with Crippen LogP contribution in [0.4, 0.5) is 10.5 Å². The van der Waals surface area contributed by atoms with Crippen molar-refractivity contribution in [3.8, 4) is 0 Å². The Morgan fingerprint density at radius 2 is 2.15 bits per heavy atom. The van der Waals surface area contributed by atoms with Crippen molar-refractivity contribution >= 4 is 33.6 Å². The van der Waals surface area contributed by atoms with Crippen LogP contribution in [0.5, 0.6) is 0 Å². The maximum Gasteiger partial charge on any atom is 0.326 e. The van der Waals surface area contributed by atoms with E-state index in [9.17, 15) is 9.59 Å². The van der Waals surface area contributed by atoms with Crippen molar-refractivity contribution in [2.75, 3.05) is 19.0 Å². The summed E-state index contributed by atoms with van der Waals surface area (Å²) in [6, 6.07) is 3.85. The molecule has 0 spiro atoms. The van der Waals surface area contributed by atoms with Crippen molar-refractivity contribution in [2.45, 2.75) is 19.4 Å². The fourth-order valence-corrected chi connectivity index (χ4v) is 2.05. The van der Waals surface area contributed by atoms with Crippen LogP contribution >= 0.6 is 15.9 Å². The predicted octanol–water partition coefficient (Wildman–Crippen LogP) is 2.37. The first-order chi connectivity index (χ1) is 9.43. The maximum atomic E-state index is 11.8. The van der Waals surface area contributed by atoms with Crippen LogP contribution in [0, 0.1) is 6.92 Å².